The van der Waals surface area contributed by atoms with Crippen LogP contribution in [0.5, 0.6) is 0 Å². The molecule has 0 N–H and O–H groups in total. The largest absolute Gasteiger partial charge is 0.452 e. The number of carbonyl (C=O) groups excluding carboxylic acids is 2. The number of rotatable bonds is 5. The number of ether oxygens (including phenoxy) is 1. The van der Waals surface area contributed by atoms with Gasteiger partial charge in [-0.1, -0.05) is 30.3 Å². The summed E-state index contributed by atoms with van der Waals surface area (Å²) in [6.45, 7) is 8.79. The zero-order valence-electron chi connectivity index (χ0n) is 21.4. The second-order valence-corrected chi connectivity index (χ2v) is 9.85. The fourth-order valence-electron chi connectivity index (χ4n) is 5.54. The predicted molar refractivity (Wildman–Crippen MR) is 140 cm³/mol. The van der Waals surface area contributed by atoms with Crippen LogP contribution in [0.2, 0.25) is 0 Å². The van der Waals surface area contributed by atoms with Gasteiger partial charge in [0.25, 0.3) is 0 Å². The summed E-state index contributed by atoms with van der Waals surface area (Å²) in [6, 6.07) is 14.7. The van der Waals surface area contributed by atoms with Crippen molar-refractivity contribution in [2.75, 3.05) is 44.7 Å². The Morgan fingerprint density at radius 1 is 1.03 bits per heavy atom. The normalized spacial score (nSPS) is 18.4. The lowest BCUT2D eigenvalue weighted by Crippen LogP contribution is -2.48. The Bertz CT molecular complexity index is 1250. The van der Waals surface area contributed by atoms with Crippen LogP contribution in [-0.4, -0.2) is 77.2 Å². The number of carbonyl (C=O) groups is 2. The van der Waals surface area contributed by atoms with E-state index in [2.05, 4.69) is 52.8 Å². The zero-order valence-corrected chi connectivity index (χ0v) is 21.4. The molecule has 190 valence electrons. The Morgan fingerprint density at radius 2 is 1.78 bits per heavy atom. The summed E-state index contributed by atoms with van der Waals surface area (Å²) in [5, 5.41) is 0. The number of nitrogens with zero attached hydrogens (tertiary/aromatic N) is 5. The highest BCUT2D eigenvalue weighted by Gasteiger charge is 2.31. The van der Waals surface area contributed by atoms with Crippen molar-refractivity contribution < 1.29 is 14.3 Å². The maximum atomic E-state index is 12.6. The average molecular weight is 490 g/mol. The maximum Gasteiger partial charge on any atom is 0.414 e. The van der Waals surface area contributed by atoms with Crippen LogP contribution in [0.3, 0.4) is 0 Å². The predicted octanol–water partition coefficient (Wildman–Crippen LogP) is 3.70. The fraction of sp³-hybridized carbons (Fsp3) is 0.464. The molecule has 3 aromatic rings. The molecular formula is C28H35N5O3. The first-order valence-corrected chi connectivity index (χ1v) is 12.9. The number of fused-ring (bicyclic) bond motifs is 3. The minimum atomic E-state index is -0.323. The fourth-order valence-corrected chi connectivity index (χ4v) is 5.54. The number of aromatic nitrogens is 2. The van der Waals surface area contributed by atoms with E-state index in [0.29, 0.717) is 0 Å². The van der Waals surface area contributed by atoms with Gasteiger partial charge < -0.3 is 14.2 Å². The van der Waals surface area contributed by atoms with E-state index in [1.54, 1.807) is 11.8 Å². The number of benzene rings is 2. The molecule has 3 heterocycles. The van der Waals surface area contributed by atoms with E-state index in [4.69, 9.17) is 9.72 Å². The molecule has 5 rings (SSSR count). The van der Waals surface area contributed by atoms with Crippen molar-refractivity contribution in [2.24, 2.45) is 0 Å². The molecule has 0 bridgehead atoms. The number of amides is 2. The van der Waals surface area contributed by atoms with E-state index in [9.17, 15) is 9.59 Å². The molecule has 2 aliphatic rings. The molecule has 1 atom stereocenters. The molecule has 1 aromatic heterocycles. The highest BCUT2D eigenvalue weighted by atomic mass is 16.5. The summed E-state index contributed by atoms with van der Waals surface area (Å²) in [5.74, 6) is 1.19. The molecule has 8 heteroatoms. The van der Waals surface area contributed by atoms with E-state index in [1.165, 1.54) is 12.7 Å². The molecule has 36 heavy (non-hydrogen) atoms. The summed E-state index contributed by atoms with van der Waals surface area (Å²) in [5.41, 5.74) is 5.35. The second kappa shape index (κ2) is 10.3. The van der Waals surface area contributed by atoms with Gasteiger partial charge >= 0.3 is 6.09 Å². The van der Waals surface area contributed by atoms with E-state index >= 15 is 0 Å². The van der Waals surface area contributed by atoms with Crippen molar-refractivity contribution in [3.8, 4) is 0 Å². The highest BCUT2D eigenvalue weighted by molar-refractivity contribution is 5.95. The molecule has 8 nitrogen and oxygen atoms in total. The monoisotopic (exact) mass is 489 g/mol. The van der Waals surface area contributed by atoms with Crippen LogP contribution in [0.15, 0.2) is 42.5 Å². The highest BCUT2D eigenvalue weighted by Crippen LogP contribution is 2.36. The lowest BCUT2D eigenvalue weighted by Gasteiger charge is -2.34. The Labute approximate surface area is 212 Å². The van der Waals surface area contributed by atoms with Crippen LogP contribution in [0.4, 0.5) is 10.5 Å². The molecule has 0 aliphatic carbocycles. The van der Waals surface area contributed by atoms with Crippen molar-refractivity contribution >= 4 is 28.7 Å². The second-order valence-electron chi connectivity index (χ2n) is 9.85. The van der Waals surface area contributed by atoms with Gasteiger partial charge in [-0.2, -0.15) is 0 Å². The summed E-state index contributed by atoms with van der Waals surface area (Å²) in [6.07, 6.45) is 2.19. The van der Waals surface area contributed by atoms with Crippen LogP contribution in [0, 0.1) is 0 Å². The van der Waals surface area contributed by atoms with Gasteiger partial charge in [0.2, 0.25) is 5.91 Å². The van der Waals surface area contributed by atoms with Gasteiger partial charge in [0, 0.05) is 64.2 Å². The first kappa shape index (κ1) is 24.3. The Hall–Kier alpha value is -3.39. The zero-order chi connectivity index (χ0) is 25.2. The van der Waals surface area contributed by atoms with Gasteiger partial charge in [0.1, 0.15) is 5.82 Å². The molecule has 0 spiro atoms. The number of imidazole rings is 1. The Kier molecular flexibility index (Phi) is 6.96. The van der Waals surface area contributed by atoms with E-state index < -0.39 is 0 Å². The number of anilines is 1. The Morgan fingerprint density at radius 3 is 2.47 bits per heavy atom. The van der Waals surface area contributed by atoms with E-state index in [0.717, 1.165) is 86.6 Å². The van der Waals surface area contributed by atoms with Gasteiger partial charge in [-0.3, -0.25) is 14.6 Å². The first-order chi connectivity index (χ1) is 17.5. The third-order valence-corrected chi connectivity index (χ3v) is 7.63. The number of hydrogen-bond acceptors (Lipinski definition) is 5. The van der Waals surface area contributed by atoms with Crippen LogP contribution in [0.1, 0.15) is 37.2 Å². The van der Waals surface area contributed by atoms with E-state index in [-0.39, 0.29) is 18.0 Å². The molecular weight excluding hydrogens is 454 g/mol. The molecule has 0 saturated carbocycles. The minimum Gasteiger partial charge on any atom is -0.452 e. The lowest BCUT2D eigenvalue weighted by atomic mass is 9.96. The molecule has 2 aromatic carbocycles. The quantitative estimate of drug-likeness (QED) is 0.547. The SMILES string of the molecule is COC(=O)N1c2ccc3c(nc(Cc4ccccc4)n3CCN3CCN(C(C)=O)CC3)c2CC[C@@H]1C. The Balaban J connectivity index is 1.48. The van der Waals surface area contributed by atoms with Crippen molar-refractivity contribution in [1.82, 2.24) is 19.4 Å². The van der Waals surface area contributed by atoms with Crippen molar-refractivity contribution in [1.29, 1.82) is 0 Å². The van der Waals surface area contributed by atoms with Crippen molar-refractivity contribution in [2.45, 2.75) is 45.7 Å². The molecule has 0 unspecified atom stereocenters. The number of piperazine rings is 1. The maximum absolute atomic E-state index is 12.6. The average Bonchev–Trinajstić information content (AvgIpc) is 3.24. The smallest absolute Gasteiger partial charge is 0.414 e. The summed E-state index contributed by atoms with van der Waals surface area (Å²) in [7, 11) is 1.44. The molecule has 2 aliphatic heterocycles. The van der Waals surface area contributed by atoms with E-state index in [1.807, 2.05) is 11.0 Å². The van der Waals surface area contributed by atoms with Crippen LogP contribution < -0.4 is 4.90 Å². The van der Waals surface area contributed by atoms with Gasteiger partial charge in [0.05, 0.1) is 23.8 Å². The van der Waals surface area contributed by atoms with Crippen molar-refractivity contribution in [3.63, 3.8) is 0 Å². The first-order valence-electron chi connectivity index (χ1n) is 12.9. The lowest BCUT2D eigenvalue weighted by molar-refractivity contribution is -0.130. The minimum absolute atomic E-state index is 0.0851. The number of aryl methyl sites for hydroxylation is 1. The van der Waals surface area contributed by atoms with Gasteiger partial charge in [-0.15, -0.1) is 0 Å². The number of hydrogen-bond donors (Lipinski definition) is 0. The summed E-state index contributed by atoms with van der Waals surface area (Å²) >= 11 is 0. The van der Waals surface area contributed by atoms with Crippen LogP contribution in [0.25, 0.3) is 11.0 Å². The van der Waals surface area contributed by atoms with Gasteiger partial charge in [0.15, 0.2) is 0 Å². The van der Waals surface area contributed by atoms with Crippen molar-refractivity contribution in [3.05, 3.63) is 59.4 Å². The summed E-state index contributed by atoms with van der Waals surface area (Å²) in [4.78, 5) is 35.6. The topological polar surface area (TPSA) is 70.9 Å². The van der Waals surface area contributed by atoms with Crippen LogP contribution >= 0.6 is 0 Å². The molecule has 0 radical (unpaired) electrons. The summed E-state index contributed by atoms with van der Waals surface area (Å²) < 4.78 is 7.44. The molecule has 1 saturated heterocycles. The number of methoxy groups -OCH3 is 1. The van der Waals surface area contributed by atoms with Gasteiger partial charge in [-0.25, -0.2) is 9.78 Å². The third kappa shape index (κ3) is 4.69. The third-order valence-electron chi connectivity index (χ3n) is 7.63. The van der Waals surface area contributed by atoms with Gasteiger partial charge in [-0.05, 0) is 37.5 Å². The molecule has 1 fully saturated rings. The standard InChI is InChI=1S/C28H35N5O3/c1-20-9-10-23-24(33(20)28(35)36-3)11-12-25-27(23)29-26(19-22-7-5-4-6-8-22)32(25)18-15-30-13-16-31(17-14-30)21(2)34/h4-8,11-12,20H,9-10,13-19H2,1-3H3/t20-/m0/s1. The van der Waals surface area contributed by atoms with Crippen LogP contribution in [-0.2, 0) is 28.9 Å². The molecule has 2 amide bonds.